The van der Waals surface area contributed by atoms with Crippen LogP contribution < -0.4 is 5.19 Å². The topological polar surface area (TPSA) is 26.3 Å². The summed E-state index contributed by atoms with van der Waals surface area (Å²) in [5.41, 5.74) is 2.32. The van der Waals surface area contributed by atoms with Gasteiger partial charge in [-0.3, -0.25) is 4.79 Å². The molecule has 5 aromatic carbocycles. The molecule has 0 unspecified atom stereocenters. The molecular formula is C33H32O2Si. The molecule has 5 aromatic rings. The number of benzene rings is 5. The fourth-order valence-electron chi connectivity index (χ4n) is 5.55. The lowest BCUT2D eigenvalue weighted by atomic mass is 9.92. The lowest BCUT2D eigenvalue weighted by Crippen LogP contribution is -2.40. The van der Waals surface area contributed by atoms with Crippen LogP contribution in [0.3, 0.4) is 0 Å². The first-order valence-corrected chi connectivity index (χ1v) is 14.7. The van der Waals surface area contributed by atoms with E-state index in [9.17, 15) is 4.79 Å². The summed E-state index contributed by atoms with van der Waals surface area (Å²) in [6, 6.07) is 39.7. The molecule has 2 atom stereocenters. The Hall–Kier alpha value is -3.69. The lowest BCUT2D eigenvalue weighted by molar-refractivity contribution is -0.147. The average molecular weight is 489 g/mol. The van der Waals surface area contributed by atoms with Gasteiger partial charge in [0.05, 0.1) is 8.80 Å². The van der Waals surface area contributed by atoms with E-state index in [2.05, 4.69) is 106 Å². The van der Waals surface area contributed by atoms with Gasteiger partial charge in [-0.2, -0.15) is 0 Å². The van der Waals surface area contributed by atoms with E-state index in [1.54, 1.807) is 0 Å². The second kappa shape index (κ2) is 10.5. The minimum Gasteiger partial charge on any atom is -0.453 e. The third-order valence-electron chi connectivity index (χ3n) is 7.26. The second-order valence-electron chi connectivity index (χ2n) is 9.92. The third kappa shape index (κ3) is 4.71. The SMILES string of the molecule is CC(C)[Si@H](c1ccccc1)[C@H](C)C(=O)OC(c1cccc2ccccc12)c1cccc2ccccc12. The van der Waals surface area contributed by atoms with E-state index in [0.717, 1.165) is 32.7 Å². The van der Waals surface area contributed by atoms with Crippen LogP contribution in [-0.2, 0) is 9.53 Å². The number of fused-ring (bicyclic) bond motifs is 2. The number of hydrogen-bond donors (Lipinski definition) is 0. The summed E-state index contributed by atoms with van der Waals surface area (Å²) >= 11 is 0. The highest BCUT2D eigenvalue weighted by Crippen LogP contribution is 2.37. The van der Waals surface area contributed by atoms with Crippen molar-refractivity contribution in [1.29, 1.82) is 0 Å². The molecule has 0 amide bonds. The van der Waals surface area contributed by atoms with Gasteiger partial charge in [0.25, 0.3) is 0 Å². The monoisotopic (exact) mass is 488 g/mol. The molecule has 0 aliphatic rings. The van der Waals surface area contributed by atoms with E-state index in [-0.39, 0.29) is 11.5 Å². The maximum absolute atomic E-state index is 13.9. The molecule has 0 aromatic heterocycles. The molecule has 36 heavy (non-hydrogen) atoms. The zero-order valence-electron chi connectivity index (χ0n) is 21.1. The van der Waals surface area contributed by atoms with Crippen LogP contribution in [0, 0.1) is 0 Å². The summed E-state index contributed by atoms with van der Waals surface area (Å²) in [4.78, 5) is 13.9. The smallest absolute Gasteiger partial charge is 0.306 e. The summed E-state index contributed by atoms with van der Waals surface area (Å²) in [7, 11) is -1.64. The molecule has 0 aliphatic carbocycles. The Morgan fingerprint density at radius 1 is 0.611 bits per heavy atom. The molecule has 2 nitrogen and oxygen atoms in total. The van der Waals surface area contributed by atoms with Gasteiger partial charge in [0.1, 0.15) is 0 Å². The Balaban J connectivity index is 1.61. The van der Waals surface area contributed by atoms with Gasteiger partial charge in [-0.25, -0.2) is 0 Å². The molecule has 3 heteroatoms. The van der Waals surface area contributed by atoms with Gasteiger partial charge in [0, 0.05) is 16.7 Å². The summed E-state index contributed by atoms with van der Waals surface area (Å²) in [5, 5.41) is 5.81. The molecule has 0 fully saturated rings. The highest BCUT2D eigenvalue weighted by Gasteiger charge is 2.33. The first-order valence-electron chi connectivity index (χ1n) is 12.8. The molecule has 0 saturated heterocycles. The van der Waals surface area contributed by atoms with Crippen molar-refractivity contribution in [2.75, 3.05) is 0 Å². The first kappa shape index (κ1) is 24.0. The fourth-order valence-corrected chi connectivity index (χ4v) is 9.09. The zero-order chi connectivity index (χ0) is 25.1. The Morgan fingerprint density at radius 2 is 1.08 bits per heavy atom. The number of esters is 1. The number of ether oxygens (including phenoxy) is 1. The fraction of sp³-hybridized carbons (Fsp3) is 0.182. The normalized spacial score (nSPS) is 13.2. The number of rotatable bonds is 7. The van der Waals surface area contributed by atoms with Crippen molar-refractivity contribution in [3.63, 3.8) is 0 Å². The maximum Gasteiger partial charge on any atom is 0.306 e. The van der Waals surface area contributed by atoms with Crippen LogP contribution in [0.2, 0.25) is 11.1 Å². The quantitative estimate of drug-likeness (QED) is 0.174. The van der Waals surface area contributed by atoms with Crippen molar-refractivity contribution in [3.8, 4) is 0 Å². The van der Waals surface area contributed by atoms with E-state index in [1.807, 2.05) is 30.3 Å². The van der Waals surface area contributed by atoms with Crippen molar-refractivity contribution in [3.05, 3.63) is 126 Å². The number of carbonyl (C=O) groups excluding carboxylic acids is 1. The van der Waals surface area contributed by atoms with Crippen LogP contribution in [0.15, 0.2) is 115 Å². The molecule has 0 N–H and O–H groups in total. The first-order chi connectivity index (χ1) is 17.5. The van der Waals surface area contributed by atoms with E-state index >= 15 is 0 Å². The number of hydrogen-bond acceptors (Lipinski definition) is 2. The van der Waals surface area contributed by atoms with E-state index in [4.69, 9.17) is 4.74 Å². The van der Waals surface area contributed by atoms with Crippen LogP contribution in [0.25, 0.3) is 21.5 Å². The van der Waals surface area contributed by atoms with Gasteiger partial charge in [-0.05, 0) is 27.1 Å². The minimum atomic E-state index is -1.64. The summed E-state index contributed by atoms with van der Waals surface area (Å²) in [6.45, 7) is 6.54. The maximum atomic E-state index is 13.9. The third-order valence-corrected chi connectivity index (χ3v) is 11.2. The molecule has 0 radical (unpaired) electrons. The molecular weight excluding hydrogens is 456 g/mol. The molecule has 0 saturated carbocycles. The predicted octanol–water partition coefficient (Wildman–Crippen LogP) is 7.56. The Kier molecular flexibility index (Phi) is 7.01. The van der Waals surface area contributed by atoms with Crippen molar-refractivity contribution in [2.45, 2.75) is 38.0 Å². The number of carbonyl (C=O) groups is 1. The molecule has 0 spiro atoms. The van der Waals surface area contributed by atoms with Crippen molar-refractivity contribution in [1.82, 2.24) is 0 Å². The van der Waals surface area contributed by atoms with E-state index in [1.165, 1.54) is 5.19 Å². The van der Waals surface area contributed by atoms with Crippen molar-refractivity contribution >= 4 is 41.5 Å². The largest absolute Gasteiger partial charge is 0.453 e. The van der Waals surface area contributed by atoms with Crippen LogP contribution in [0.5, 0.6) is 0 Å². The highest BCUT2D eigenvalue weighted by atomic mass is 28.3. The van der Waals surface area contributed by atoms with Crippen molar-refractivity contribution < 1.29 is 9.53 Å². The molecule has 0 heterocycles. The summed E-state index contributed by atoms with van der Waals surface area (Å²) < 4.78 is 6.55. The van der Waals surface area contributed by atoms with Gasteiger partial charge >= 0.3 is 5.97 Å². The van der Waals surface area contributed by atoms with Gasteiger partial charge in [0.2, 0.25) is 0 Å². The zero-order valence-corrected chi connectivity index (χ0v) is 22.3. The predicted molar refractivity (Wildman–Crippen MR) is 154 cm³/mol. The van der Waals surface area contributed by atoms with Gasteiger partial charge in [0.15, 0.2) is 6.10 Å². The Labute approximate surface area is 215 Å². The van der Waals surface area contributed by atoms with E-state index in [0.29, 0.717) is 5.54 Å². The standard InChI is InChI=1S/C33H32O2Si/c1-23(2)36(27-17-5-4-6-18-27)24(3)33(34)35-32(30-21-11-15-25-13-7-9-19-28(25)30)31-22-12-16-26-14-8-10-20-29(26)31/h4-24,32,36H,1-3H3/t24-,36+/m1/s1. The molecule has 0 aliphatic heterocycles. The van der Waals surface area contributed by atoms with Crippen molar-refractivity contribution in [2.24, 2.45) is 0 Å². The molecule has 5 rings (SSSR count). The van der Waals surface area contributed by atoms with E-state index < -0.39 is 14.9 Å². The Bertz CT molecular complexity index is 1400. The van der Waals surface area contributed by atoms with Gasteiger partial charge < -0.3 is 4.74 Å². The highest BCUT2D eigenvalue weighted by molar-refractivity contribution is 6.78. The Morgan fingerprint density at radius 3 is 1.61 bits per heavy atom. The van der Waals surface area contributed by atoms with Gasteiger partial charge in [-0.15, -0.1) is 0 Å². The van der Waals surface area contributed by atoms with Crippen LogP contribution in [0.4, 0.5) is 0 Å². The average Bonchev–Trinajstić information content (AvgIpc) is 2.91. The molecule has 0 bridgehead atoms. The van der Waals surface area contributed by atoms with Crippen LogP contribution in [0.1, 0.15) is 38.0 Å². The van der Waals surface area contributed by atoms with Crippen LogP contribution in [-0.4, -0.2) is 14.8 Å². The summed E-state index contributed by atoms with van der Waals surface area (Å²) in [5.74, 6) is -0.116. The van der Waals surface area contributed by atoms with Crippen LogP contribution >= 0.6 is 0 Å². The lowest BCUT2D eigenvalue weighted by Gasteiger charge is -2.28. The second-order valence-corrected chi connectivity index (χ2v) is 14.0. The minimum absolute atomic E-state index is 0.116. The van der Waals surface area contributed by atoms with Gasteiger partial charge in [-0.1, -0.05) is 141 Å². The summed E-state index contributed by atoms with van der Waals surface area (Å²) in [6.07, 6.45) is -0.491. The molecule has 180 valence electrons.